The number of carbonyl (C=O) groups excluding carboxylic acids is 1. The maximum absolute atomic E-state index is 12.2. The van der Waals surface area contributed by atoms with Crippen molar-refractivity contribution in [2.75, 3.05) is 33.3 Å². The summed E-state index contributed by atoms with van der Waals surface area (Å²) in [7, 11) is 1.75. The lowest BCUT2D eigenvalue weighted by Gasteiger charge is -2.24. The molecule has 1 saturated heterocycles. The van der Waals surface area contributed by atoms with E-state index in [0.29, 0.717) is 26.1 Å². The molecule has 1 amide bonds. The molecule has 1 aromatic rings. The minimum absolute atomic E-state index is 0. The van der Waals surface area contributed by atoms with Crippen LogP contribution in [0.1, 0.15) is 19.3 Å². The highest BCUT2D eigenvalue weighted by atomic mass is 35.5. The third-order valence-corrected chi connectivity index (χ3v) is 4.06. The minimum atomic E-state index is -0.839. The second-order valence-electron chi connectivity index (χ2n) is 5.80. The summed E-state index contributed by atoms with van der Waals surface area (Å²) in [5, 5.41) is 9.13. The third kappa shape index (κ3) is 6.02. The zero-order chi connectivity index (χ0) is 16.7. The van der Waals surface area contributed by atoms with Crippen LogP contribution >= 0.6 is 12.4 Å². The van der Waals surface area contributed by atoms with E-state index < -0.39 is 12.0 Å². The summed E-state index contributed by atoms with van der Waals surface area (Å²) < 4.78 is 5.59. The molecule has 7 heteroatoms. The molecule has 0 aliphatic carbocycles. The molecule has 0 saturated carbocycles. The largest absolute Gasteiger partial charge is 0.494 e. The SMILES string of the molecule is CN(CCCOc1ccccc1)C(=O)CN1CCCC1C(=O)O.Cl. The van der Waals surface area contributed by atoms with Crippen LogP contribution in [-0.2, 0) is 9.59 Å². The molecule has 0 spiro atoms. The Morgan fingerprint density at radius 3 is 2.71 bits per heavy atom. The number of likely N-dealkylation sites (tertiary alicyclic amines) is 1. The molecule has 6 nitrogen and oxygen atoms in total. The van der Waals surface area contributed by atoms with Gasteiger partial charge in [-0.1, -0.05) is 18.2 Å². The fourth-order valence-corrected chi connectivity index (χ4v) is 2.72. The summed E-state index contributed by atoms with van der Waals surface area (Å²) in [5.74, 6) is -0.0603. The number of likely N-dealkylation sites (N-methyl/N-ethyl adjacent to an activating group) is 1. The van der Waals surface area contributed by atoms with Gasteiger partial charge in [0.25, 0.3) is 0 Å². The number of hydrogen-bond donors (Lipinski definition) is 1. The quantitative estimate of drug-likeness (QED) is 0.720. The number of ether oxygens (including phenoxy) is 1. The smallest absolute Gasteiger partial charge is 0.320 e. The summed E-state index contributed by atoms with van der Waals surface area (Å²) >= 11 is 0. The molecule has 24 heavy (non-hydrogen) atoms. The number of nitrogens with zero attached hydrogens (tertiary/aromatic N) is 2. The number of carbonyl (C=O) groups is 2. The van der Waals surface area contributed by atoms with E-state index in [0.717, 1.165) is 18.6 Å². The van der Waals surface area contributed by atoms with Gasteiger partial charge in [-0.25, -0.2) is 0 Å². The first kappa shape index (κ1) is 20.3. The molecule has 2 rings (SSSR count). The van der Waals surface area contributed by atoms with E-state index >= 15 is 0 Å². The van der Waals surface area contributed by atoms with Crippen molar-refractivity contribution in [1.29, 1.82) is 0 Å². The standard InChI is InChI=1S/C17H24N2O4.ClH/c1-18(10-6-12-23-14-7-3-2-4-8-14)16(20)13-19-11-5-9-15(19)17(21)22;/h2-4,7-8,15H,5-6,9-13H2,1H3,(H,21,22);1H. The van der Waals surface area contributed by atoms with Crippen LogP contribution in [0, 0.1) is 0 Å². The van der Waals surface area contributed by atoms with Crippen molar-refractivity contribution in [2.45, 2.75) is 25.3 Å². The predicted molar refractivity (Wildman–Crippen MR) is 93.7 cm³/mol. The fourth-order valence-electron chi connectivity index (χ4n) is 2.72. The van der Waals surface area contributed by atoms with Crippen molar-refractivity contribution >= 4 is 24.3 Å². The fraction of sp³-hybridized carbons (Fsp3) is 0.529. The van der Waals surface area contributed by atoms with Gasteiger partial charge >= 0.3 is 5.97 Å². The van der Waals surface area contributed by atoms with E-state index in [9.17, 15) is 9.59 Å². The Labute approximate surface area is 148 Å². The minimum Gasteiger partial charge on any atom is -0.494 e. The Hall–Kier alpha value is -1.79. The third-order valence-electron chi connectivity index (χ3n) is 4.06. The monoisotopic (exact) mass is 356 g/mol. The van der Waals surface area contributed by atoms with E-state index in [1.54, 1.807) is 16.8 Å². The number of rotatable bonds is 8. The zero-order valence-electron chi connectivity index (χ0n) is 13.9. The normalized spacial score (nSPS) is 17.1. The summed E-state index contributed by atoms with van der Waals surface area (Å²) in [5.41, 5.74) is 0. The lowest BCUT2D eigenvalue weighted by Crippen LogP contribution is -2.43. The van der Waals surface area contributed by atoms with Gasteiger partial charge in [-0.15, -0.1) is 12.4 Å². The summed E-state index contributed by atoms with van der Waals surface area (Å²) in [6.45, 7) is 1.99. The molecule has 1 N–H and O–H groups in total. The Kier molecular flexibility index (Phi) is 8.57. The van der Waals surface area contributed by atoms with Gasteiger partial charge in [0.15, 0.2) is 0 Å². The van der Waals surface area contributed by atoms with Crippen LogP contribution in [0.3, 0.4) is 0 Å². The zero-order valence-corrected chi connectivity index (χ0v) is 14.7. The molecular formula is C17H25ClN2O4. The number of aliphatic carboxylic acids is 1. The van der Waals surface area contributed by atoms with Gasteiger partial charge in [-0.05, 0) is 37.9 Å². The highest BCUT2D eigenvalue weighted by Gasteiger charge is 2.32. The van der Waals surface area contributed by atoms with Gasteiger partial charge in [0.2, 0.25) is 5.91 Å². The molecule has 1 atom stereocenters. The molecule has 0 radical (unpaired) electrons. The first-order valence-electron chi connectivity index (χ1n) is 7.96. The van der Waals surface area contributed by atoms with Gasteiger partial charge in [0.1, 0.15) is 11.8 Å². The molecular weight excluding hydrogens is 332 g/mol. The van der Waals surface area contributed by atoms with Gasteiger partial charge in [0, 0.05) is 13.6 Å². The number of para-hydroxylation sites is 1. The molecule has 1 aliphatic heterocycles. The number of carboxylic acid groups (broad SMARTS) is 1. The molecule has 0 bridgehead atoms. The van der Waals surface area contributed by atoms with Crippen LogP contribution in [0.25, 0.3) is 0 Å². The van der Waals surface area contributed by atoms with Crippen LogP contribution in [-0.4, -0.2) is 66.1 Å². The van der Waals surface area contributed by atoms with Gasteiger partial charge < -0.3 is 14.7 Å². The van der Waals surface area contributed by atoms with E-state index in [1.807, 2.05) is 30.3 Å². The Balaban J connectivity index is 0.00000288. The lowest BCUT2D eigenvalue weighted by molar-refractivity contribution is -0.143. The number of carboxylic acids is 1. The van der Waals surface area contributed by atoms with Crippen LogP contribution in [0.4, 0.5) is 0 Å². The van der Waals surface area contributed by atoms with Crippen molar-refractivity contribution in [3.63, 3.8) is 0 Å². The highest BCUT2D eigenvalue weighted by molar-refractivity contribution is 5.85. The molecule has 1 heterocycles. The lowest BCUT2D eigenvalue weighted by atomic mass is 10.2. The second kappa shape index (κ2) is 10.2. The van der Waals surface area contributed by atoms with Crippen molar-refractivity contribution in [3.05, 3.63) is 30.3 Å². The van der Waals surface area contributed by atoms with Crippen LogP contribution in [0.2, 0.25) is 0 Å². The van der Waals surface area contributed by atoms with Crippen LogP contribution in [0.15, 0.2) is 30.3 Å². The second-order valence-corrected chi connectivity index (χ2v) is 5.80. The first-order valence-corrected chi connectivity index (χ1v) is 7.96. The van der Waals surface area contributed by atoms with Crippen LogP contribution < -0.4 is 4.74 Å². The van der Waals surface area contributed by atoms with E-state index in [-0.39, 0.29) is 24.9 Å². The Morgan fingerprint density at radius 1 is 1.33 bits per heavy atom. The van der Waals surface area contributed by atoms with Gasteiger partial charge in [0.05, 0.1) is 13.2 Å². The van der Waals surface area contributed by atoms with Crippen molar-refractivity contribution in [2.24, 2.45) is 0 Å². The first-order chi connectivity index (χ1) is 11.1. The van der Waals surface area contributed by atoms with E-state index in [4.69, 9.17) is 9.84 Å². The molecule has 134 valence electrons. The molecule has 1 unspecified atom stereocenters. The average Bonchev–Trinajstić information content (AvgIpc) is 3.00. The highest BCUT2D eigenvalue weighted by Crippen LogP contribution is 2.17. The number of halogens is 1. The van der Waals surface area contributed by atoms with E-state index in [1.165, 1.54) is 0 Å². The summed E-state index contributed by atoms with van der Waals surface area (Å²) in [4.78, 5) is 26.7. The van der Waals surface area contributed by atoms with Crippen molar-refractivity contribution < 1.29 is 19.4 Å². The van der Waals surface area contributed by atoms with Gasteiger partial charge in [-0.3, -0.25) is 14.5 Å². The molecule has 1 aliphatic rings. The summed E-state index contributed by atoms with van der Waals surface area (Å²) in [6.07, 6.45) is 2.19. The van der Waals surface area contributed by atoms with Crippen LogP contribution in [0.5, 0.6) is 5.75 Å². The van der Waals surface area contributed by atoms with Crippen molar-refractivity contribution in [1.82, 2.24) is 9.80 Å². The van der Waals surface area contributed by atoms with E-state index in [2.05, 4.69) is 0 Å². The Bertz CT molecular complexity index is 527. The number of benzene rings is 1. The topological polar surface area (TPSA) is 70.1 Å². The number of amides is 1. The molecule has 1 aromatic carbocycles. The molecule has 0 aromatic heterocycles. The van der Waals surface area contributed by atoms with Crippen molar-refractivity contribution in [3.8, 4) is 5.75 Å². The predicted octanol–water partition coefficient (Wildman–Crippen LogP) is 1.88. The average molecular weight is 357 g/mol. The maximum atomic E-state index is 12.2. The number of hydrogen-bond acceptors (Lipinski definition) is 4. The summed E-state index contributed by atoms with van der Waals surface area (Å²) in [6, 6.07) is 9.04. The maximum Gasteiger partial charge on any atom is 0.320 e. The molecule has 1 fully saturated rings. The van der Waals surface area contributed by atoms with Gasteiger partial charge in [-0.2, -0.15) is 0 Å². The Morgan fingerprint density at radius 2 is 2.04 bits per heavy atom.